The van der Waals surface area contributed by atoms with Crippen molar-refractivity contribution in [2.45, 2.75) is 38.7 Å². The van der Waals surface area contributed by atoms with Gasteiger partial charge in [-0.25, -0.2) is 4.68 Å². The molecule has 7 nitrogen and oxygen atoms in total. The number of benzene rings is 2. The second-order valence-corrected chi connectivity index (χ2v) is 8.12. The lowest BCUT2D eigenvalue weighted by Gasteiger charge is -2.32. The second-order valence-electron chi connectivity index (χ2n) is 8.12. The van der Waals surface area contributed by atoms with Crippen LogP contribution < -0.4 is 5.73 Å². The van der Waals surface area contributed by atoms with Crippen molar-refractivity contribution in [3.63, 3.8) is 0 Å². The highest BCUT2D eigenvalue weighted by Gasteiger charge is 2.63. The minimum Gasteiger partial charge on any atom is -0.383 e. The molecular formula is C23H22F3N5O2. The minimum absolute atomic E-state index is 0.0507. The fourth-order valence-electron chi connectivity index (χ4n) is 3.84. The van der Waals surface area contributed by atoms with Crippen molar-refractivity contribution >= 4 is 17.4 Å². The number of halogens is 3. The Morgan fingerprint density at radius 3 is 2.39 bits per heavy atom. The van der Waals surface area contributed by atoms with Crippen molar-refractivity contribution in [3.8, 4) is 0 Å². The Morgan fingerprint density at radius 2 is 1.79 bits per heavy atom. The van der Waals surface area contributed by atoms with Gasteiger partial charge in [-0.3, -0.25) is 4.79 Å². The molecule has 3 aromatic rings. The van der Waals surface area contributed by atoms with Crippen LogP contribution in [0.2, 0.25) is 0 Å². The third-order valence-corrected chi connectivity index (χ3v) is 5.47. The molecule has 33 heavy (non-hydrogen) atoms. The maximum absolute atomic E-state index is 13.9. The number of carbonyl (C=O) groups excluding carboxylic acids is 1. The standard InChI is InChI=1S/C23H22F3N5O2/c1-14-8-15(2)10-17(9-14)19-11-22(33,23(24,25)26)31(29-19)21(32)18-12-28-30(20(18)27)13-16-6-4-3-5-7-16/h3-10,12,33H,11,13,27H2,1-2H3. The fourth-order valence-corrected chi connectivity index (χ4v) is 3.84. The molecule has 4 rings (SSSR count). The van der Waals surface area contributed by atoms with Crippen molar-refractivity contribution < 1.29 is 23.1 Å². The zero-order chi connectivity index (χ0) is 24.0. The van der Waals surface area contributed by atoms with Crippen molar-refractivity contribution in [1.82, 2.24) is 14.8 Å². The lowest BCUT2D eigenvalue weighted by atomic mass is 9.98. The summed E-state index contributed by atoms with van der Waals surface area (Å²) < 4.78 is 43.1. The summed E-state index contributed by atoms with van der Waals surface area (Å²) in [5, 5.41) is 18.6. The van der Waals surface area contributed by atoms with E-state index in [0.29, 0.717) is 5.56 Å². The van der Waals surface area contributed by atoms with Gasteiger partial charge in [-0.15, -0.1) is 0 Å². The smallest absolute Gasteiger partial charge is 0.383 e. The van der Waals surface area contributed by atoms with Crippen LogP contribution in [0.1, 0.15) is 39.0 Å². The van der Waals surface area contributed by atoms with Crippen LogP contribution in [0.4, 0.5) is 19.0 Å². The van der Waals surface area contributed by atoms with Gasteiger partial charge < -0.3 is 10.8 Å². The molecule has 0 saturated carbocycles. The third-order valence-electron chi connectivity index (χ3n) is 5.47. The first-order valence-corrected chi connectivity index (χ1v) is 10.1. The van der Waals surface area contributed by atoms with E-state index in [1.807, 2.05) is 36.4 Å². The molecule has 10 heteroatoms. The average Bonchev–Trinajstić information content (AvgIpc) is 3.29. The maximum atomic E-state index is 13.9. The Hall–Kier alpha value is -3.66. The molecule has 0 spiro atoms. The van der Waals surface area contributed by atoms with Gasteiger partial charge >= 0.3 is 6.18 Å². The van der Waals surface area contributed by atoms with Gasteiger partial charge in [0.1, 0.15) is 11.4 Å². The normalized spacial score (nSPS) is 18.5. The molecule has 1 aliphatic heterocycles. The summed E-state index contributed by atoms with van der Waals surface area (Å²) in [5.41, 5.74) is 5.09. The highest BCUT2D eigenvalue weighted by atomic mass is 19.4. The van der Waals surface area contributed by atoms with E-state index in [0.717, 1.165) is 22.9 Å². The minimum atomic E-state index is -5.15. The van der Waals surface area contributed by atoms with Gasteiger partial charge in [-0.1, -0.05) is 59.7 Å². The molecule has 0 fully saturated rings. The quantitative estimate of drug-likeness (QED) is 0.625. The molecule has 2 heterocycles. The summed E-state index contributed by atoms with van der Waals surface area (Å²) in [7, 11) is 0. The Morgan fingerprint density at radius 1 is 1.15 bits per heavy atom. The molecule has 1 amide bonds. The number of aliphatic hydroxyl groups is 1. The second kappa shape index (κ2) is 8.04. The highest BCUT2D eigenvalue weighted by Crippen LogP contribution is 2.42. The topological polar surface area (TPSA) is 96.7 Å². The number of aromatic nitrogens is 2. The number of hydrazone groups is 1. The number of amides is 1. The Balaban J connectivity index is 1.72. The predicted octanol–water partition coefficient (Wildman–Crippen LogP) is 3.63. The number of hydrogen-bond acceptors (Lipinski definition) is 5. The number of nitrogens with zero attached hydrogens (tertiary/aromatic N) is 4. The van der Waals surface area contributed by atoms with Crippen molar-refractivity contribution in [2.24, 2.45) is 5.10 Å². The van der Waals surface area contributed by atoms with Gasteiger partial charge in [-0.05, 0) is 25.0 Å². The first kappa shape index (κ1) is 22.5. The molecule has 1 aromatic heterocycles. The molecule has 0 radical (unpaired) electrons. The lowest BCUT2D eigenvalue weighted by Crippen LogP contribution is -2.56. The monoisotopic (exact) mass is 457 g/mol. The van der Waals surface area contributed by atoms with Crippen LogP contribution in [-0.4, -0.2) is 43.4 Å². The van der Waals surface area contributed by atoms with Crippen LogP contribution in [-0.2, 0) is 6.54 Å². The van der Waals surface area contributed by atoms with Crippen LogP contribution in [0.3, 0.4) is 0 Å². The van der Waals surface area contributed by atoms with Crippen LogP contribution in [0.25, 0.3) is 0 Å². The van der Waals surface area contributed by atoms with E-state index in [2.05, 4.69) is 10.2 Å². The van der Waals surface area contributed by atoms with Gasteiger partial charge in [0, 0.05) is 0 Å². The SMILES string of the molecule is Cc1cc(C)cc(C2=NN(C(=O)c3cnn(Cc4ccccc4)c3N)C(O)(C(F)(F)F)C2)c1. The Kier molecular flexibility index (Phi) is 5.49. The Bertz CT molecular complexity index is 1220. The first-order valence-electron chi connectivity index (χ1n) is 10.1. The van der Waals surface area contributed by atoms with Gasteiger partial charge in [0.05, 0.1) is 24.9 Å². The summed E-state index contributed by atoms with van der Waals surface area (Å²) in [6.45, 7) is 3.82. The molecule has 172 valence electrons. The van der Waals surface area contributed by atoms with Crippen LogP contribution in [0.15, 0.2) is 59.8 Å². The van der Waals surface area contributed by atoms with E-state index >= 15 is 0 Å². The van der Waals surface area contributed by atoms with E-state index in [4.69, 9.17) is 5.73 Å². The fraction of sp³-hybridized carbons (Fsp3) is 0.261. The van der Waals surface area contributed by atoms with Crippen molar-refractivity contribution in [3.05, 3.63) is 82.5 Å². The number of nitrogens with two attached hydrogens (primary N) is 1. The molecule has 0 bridgehead atoms. The molecule has 3 N–H and O–H groups in total. The molecule has 1 atom stereocenters. The molecule has 2 aromatic carbocycles. The molecular weight excluding hydrogens is 435 g/mol. The highest BCUT2D eigenvalue weighted by molar-refractivity contribution is 6.06. The zero-order valence-corrected chi connectivity index (χ0v) is 18.0. The number of alkyl halides is 3. The number of anilines is 1. The van der Waals surface area contributed by atoms with Gasteiger partial charge in [0.15, 0.2) is 0 Å². The molecule has 1 aliphatic rings. The van der Waals surface area contributed by atoms with E-state index in [9.17, 15) is 23.1 Å². The summed E-state index contributed by atoms with van der Waals surface area (Å²) in [4.78, 5) is 13.1. The number of rotatable bonds is 4. The van der Waals surface area contributed by atoms with Crippen molar-refractivity contribution in [1.29, 1.82) is 0 Å². The Labute approximate surface area is 187 Å². The molecule has 0 aliphatic carbocycles. The van der Waals surface area contributed by atoms with Gasteiger partial charge in [-0.2, -0.15) is 28.4 Å². The van der Waals surface area contributed by atoms with Crippen molar-refractivity contribution in [2.75, 3.05) is 5.73 Å². The van der Waals surface area contributed by atoms with E-state index in [1.165, 1.54) is 4.68 Å². The molecule has 0 saturated heterocycles. The maximum Gasteiger partial charge on any atom is 0.438 e. The van der Waals surface area contributed by atoms with Gasteiger partial charge in [0.2, 0.25) is 0 Å². The third kappa shape index (κ3) is 4.09. The number of nitrogen functional groups attached to an aromatic ring is 1. The van der Waals surface area contributed by atoms with Crippen LogP contribution in [0.5, 0.6) is 0 Å². The average molecular weight is 457 g/mol. The largest absolute Gasteiger partial charge is 0.438 e. The lowest BCUT2D eigenvalue weighted by molar-refractivity contribution is -0.297. The van der Waals surface area contributed by atoms with Crippen LogP contribution in [0, 0.1) is 13.8 Å². The number of carbonyl (C=O) groups is 1. The summed E-state index contributed by atoms with van der Waals surface area (Å²) in [5.74, 6) is -1.31. The van der Waals surface area contributed by atoms with E-state index in [-0.39, 0.29) is 28.6 Å². The van der Waals surface area contributed by atoms with E-state index in [1.54, 1.807) is 26.0 Å². The predicted molar refractivity (Wildman–Crippen MR) is 116 cm³/mol. The first-order chi connectivity index (χ1) is 15.5. The number of aryl methyl sites for hydroxylation is 2. The summed E-state index contributed by atoms with van der Waals surface area (Å²) in [6, 6.07) is 14.3. The summed E-state index contributed by atoms with van der Waals surface area (Å²) >= 11 is 0. The number of hydrogen-bond donors (Lipinski definition) is 2. The summed E-state index contributed by atoms with van der Waals surface area (Å²) in [6.07, 6.45) is -4.97. The van der Waals surface area contributed by atoms with E-state index < -0.39 is 24.2 Å². The molecule has 1 unspecified atom stereocenters. The zero-order valence-electron chi connectivity index (χ0n) is 18.0. The van der Waals surface area contributed by atoms with Gasteiger partial charge in [0.25, 0.3) is 11.6 Å². The van der Waals surface area contributed by atoms with Crippen LogP contribution >= 0.6 is 0 Å².